The lowest BCUT2D eigenvalue weighted by Gasteiger charge is -2.42. The zero-order valence-corrected chi connectivity index (χ0v) is 14.2. The summed E-state index contributed by atoms with van der Waals surface area (Å²) in [5, 5.41) is 12.8. The van der Waals surface area contributed by atoms with Gasteiger partial charge in [0.2, 0.25) is 0 Å². The first-order chi connectivity index (χ1) is 9.93. The Bertz CT molecular complexity index is 375. The van der Waals surface area contributed by atoms with Gasteiger partial charge in [-0.3, -0.25) is 15.1 Å². The summed E-state index contributed by atoms with van der Waals surface area (Å²) in [4.78, 5) is 5.31. The van der Waals surface area contributed by atoms with Crippen molar-refractivity contribution < 1.29 is 0 Å². The minimum Gasteiger partial charge on any atom is -0.298 e. The van der Waals surface area contributed by atoms with Crippen LogP contribution in [0.4, 0.5) is 0 Å². The second-order valence-electron chi connectivity index (χ2n) is 7.48. The van der Waals surface area contributed by atoms with E-state index in [0.29, 0.717) is 12.1 Å². The predicted octanol–water partition coefficient (Wildman–Crippen LogP) is 2.22. The van der Waals surface area contributed by atoms with Crippen LogP contribution in [0.2, 0.25) is 0 Å². The molecule has 1 N–H and O–H groups in total. The van der Waals surface area contributed by atoms with Crippen LogP contribution in [0.1, 0.15) is 53.4 Å². The monoisotopic (exact) mass is 292 g/mol. The molecule has 2 saturated heterocycles. The van der Waals surface area contributed by atoms with Crippen LogP contribution in [0.3, 0.4) is 0 Å². The summed E-state index contributed by atoms with van der Waals surface area (Å²) < 4.78 is 0. The van der Waals surface area contributed by atoms with Crippen LogP contribution in [0.15, 0.2) is 0 Å². The van der Waals surface area contributed by atoms with Crippen molar-refractivity contribution in [2.45, 2.75) is 77.0 Å². The smallest absolute Gasteiger partial charge is 0.104 e. The molecule has 0 amide bonds. The number of hydrogen-bond donors (Lipinski definition) is 1. The fraction of sp³-hybridized carbons (Fsp3) is 0.941. The predicted molar refractivity (Wildman–Crippen MR) is 87.2 cm³/mol. The summed E-state index contributed by atoms with van der Waals surface area (Å²) >= 11 is 0. The number of nitrogens with one attached hydrogen (secondary N) is 1. The normalized spacial score (nSPS) is 30.1. The first-order valence-corrected chi connectivity index (χ1v) is 8.60. The van der Waals surface area contributed by atoms with Gasteiger partial charge < -0.3 is 0 Å². The first-order valence-electron chi connectivity index (χ1n) is 8.60. The van der Waals surface area contributed by atoms with Gasteiger partial charge in [0, 0.05) is 31.2 Å². The molecule has 0 aliphatic carbocycles. The Hall–Kier alpha value is -0.630. The summed E-state index contributed by atoms with van der Waals surface area (Å²) in [6.45, 7) is 13.5. The Morgan fingerprint density at radius 1 is 1.38 bits per heavy atom. The fourth-order valence-corrected chi connectivity index (χ4v) is 3.99. The average Bonchev–Trinajstić information content (AvgIpc) is 2.85. The van der Waals surface area contributed by atoms with E-state index in [0.717, 1.165) is 25.4 Å². The lowest BCUT2D eigenvalue weighted by atomic mass is 9.96. The van der Waals surface area contributed by atoms with E-state index in [1.54, 1.807) is 0 Å². The van der Waals surface area contributed by atoms with Crippen molar-refractivity contribution in [1.29, 1.82) is 5.26 Å². The van der Waals surface area contributed by atoms with Crippen molar-refractivity contribution in [3.63, 3.8) is 0 Å². The van der Waals surface area contributed by atoms with E-state index in [9.17, 15) is 5.26 Å². The molecule has 120 valence electrons. The average molecular weight is 292 g/mol. The molecule has 0 radical (unpaired) electrons. The molecule has 2 rings (SSSR count). The summed E-state index contributed by atoms with van der Waals surface area (Å²) in [5.41, 5.74) is -0.382. The SMILES string of the molecule is CC(C)NC(C)(C#N)CCCN1CC2CCCN2CC1C. The minimum absolute atomic E-state index is 0.357. The molecule has 0 spiro atoms. The van der Waals surface area contributed by atoms with E-state index in [4.69, 9.17) is 0 Å². The maximum Gasteiger partial charge on any atom is 0.104 e. The number of piperazine rings is 1. The topological polar surface area (TPSA) is 42.3 Å². The van der Waals surface area contributed by atoms with Crippen LogP contribution in [-0.4, -0.2) is 59.6 Å². The standard InChI is InChI=1S/C17H32N4/c1-14(2)19-17(4,13-18)8-6-10-20-12-16-7-5-9-21(16)11-15(20)3/h14-16,19H,5-12H2,1-4H3. The highest BCUT2D eigenvalue weighted by atomic mass is 15.3. The van der Waals surface area contributed by atoms with Gasteiger partial charge >= 0.3 is 0 Å². The van der Waals surface area contributed by atoms with Crippen molar-refractivity contribution in [1.82, 2.24) is 15.1 Å². The van der Waals surface area contributed by atoms with Gasteiger partial charge in [-0.1, -0.05) is 0 Å². The van der Waals surface area contributed by atoms with E-state index in [-0.39, 0.29) is 5.54 Å². The number of rotatable bonds is 6. The Labute approximate surface area is 130 Å². The van der Waals surface area contributed by atoms with Gasteiger partial charge in [-0.15, -0.1) is 0 Å². The van der Waals surface area contributed by atoms with Gasteiger partial charge in [0.1, 0.15) is 5.54 Å². The maximum atomic E-state index is 9.41. The van der Waals surface area contributed by atoms with Crippen LogP contribution in [0.5, 0.6) is 0 Å². The minimum atomic E-state index is -0.382. The van der Waals surface area contributed by atoms with Crippen molar-refractivity contribution in [2.24, 2.45) is 0 Å². The van der Waals surface area contributed by atoms with E-state index >= 15 is 0 Å². The molecule has 2 aliphatic heterocycles. The number of nitriles is 1. The Balaban J connectivity index is 1.78. The molecule has 3 unspecified atom stereocenters. The molecule has 2 heterocycles. The van der Waals surface area contributed by atoms with Crippen molar-refractivity contribution in [3.05, 3.63) is 0 Å². The number of hydrogen-bond acceptors (Lipinski definition) is 4. The molecule has 21 heavy (non-hydrogen) atoms. The maximum absolute atomic E-state index is 9.41. The van der Waals surface area contributed by atoms with E-state index in [1.165, 1.54) is 32.5 Å². The van der Waals surface area contributed by atoms with Crippen molar-refractivity contribution >= 4 is 0 Å². The second kappa shape index (κ2) is 7.09. The van der Waals surface area contributed by atoms with Gasteiger partial charge in [0.25, 0.3) is 0 Å². The third-order valence-corrected chi connectivity index (χ3v) is 5.04. The van der Waals surface area contributed by atoms with E-state index in [2.05, 4.69) is 42.0 Å². The highest BCUT2D eigenvalue weighted by molar-refractivity contribution is 5.04. The molecule has 4 nitrogen and oxygen atoms in total. The van der Waals surface area contributed by atoms with Crippen LogP contribution in [-0.2, 0) is 0 Å². The third kappa shape index (κ3) is 4.42. The van der Waals surface area contributed by atoms with Gasteiger partial charge in [-0.05, 0) is 66.5 Å². The fourth-order valence-electron chi connectivity index (χ4n) is 3.99. The first kappa shape index (κ1) is 16.7. The molecular formula is C17H32N4. The summed E-state index contributed by atoms with van der Waals surface area (Å²) in [7, 11) is 0. The molecule has 0 aromatic carbocycles. The van der Waals surface area contributed by atoms with Crippen LogP contribution < -0.4 is 5.32 Å². The van der Waals surface area contributed by atoms with Gasteiger partial charge in [0.05, 0.1) is 6.07 Å². The highest BCUT2D eigenvalue weighted by Crippen LogP contribution is 2.25. The molecule has 3 atom stereocenters. The summed E-state index contributed by atoms with van der Waals surface area (Å²) in [5.74, 6) is 0. The van der Waals surface area contributed by atoms with Gasteiger partial charge in [-0.2, -0.15) is 5.26 Å². The number of nitrogens with zero attached hydrogens (tertiary/aromatic N) is 3. The molecule has 0 saturated carbocycles. The van der Waals surface area contributed by atoms with Crippen molar-refractivity contribution in [3.8, 4) is 6.07 Å². The van der Waals surface area contributed by atoms with Crippen LogP contribution in [0.25, 0.3) is 0 Å². The highest BCUT2D eigenvalue weighted by Gasteiger charge is 2.34. The zero-order valence-electron chi connectivity index (χ0n) is 14.2. The molecule has 0 bridgehead atoms. The van der Waals surface area contributed by atoms with E-state index < -0.39 is 0 Å². The molecular weight excluding hydrogens is 260 g/mol. The second-order valence-corrected chi connectivity index (χ2v) is 7.48. The third-order valence-electron chi connectivity index (χ3n) is 5.04. The van der Waals surface area contributed by atoms with Gasteiger partial charge in [0.15, 0.2) is 0 Å². The van der Waals surface area contributed by atoms with Gasteiger partial charge in [-0.25, -0.2) is 0 Å². The van der Waals surface area contributed by atoms with Crippen LogP contribution in [0, 0.1) is 11.3 Å². The molecule has 2 fully saturated rings. The molecule has 0 aromatic heterocycles. The van der Waals surface area contributed by atoms with E-state index in [1.807, 2.05) is 6.92 Å². The van der Waals surface area contributed by atoms with Crippen LogP contribution >= 0.6 is 0 Å². The molecule has 4 heteroatoms. The summed E-state index contributed by atoms with van der Waals surface area (Å²) in [6.07, 6.45) is 4.77. The lowest BCUT2D eigenvalue weighted by Crippen LogP contribution is -2.55. The Kier molecular flexibility index (Phi) is 5.65. The number of fused-ring (bicyclic) bond motifs is 1. The molecule has 2 aliphatic rings. The largest absolute Gasteiger partial charge is 0.298 e. The Morgan fingerprint density at radius 2 is 2.14 bits per heavy atom. The quantitative estimate of drug-likeness (QED) is 0.815. The zero-order chi connectivity index (χ0) is 15.5. The lowest BCUT2D eigenvalue weighted by molar-refractivity contribution is 0.0573. The molecule has 0 aromatic rings. The summed E-state index contributed by atoms with van der Waals surface area (Å²) in [6, 6.07) is 4.26. The Morgan fingerprint density at radius 3 is 2.81 bits per heavy atom. The van der Waals surface area contributed by atoms with Crippen molar-refractivity contribution in [2.75, 3.05) is 26.2 Å².